The van der Waals surface area contributed by atoms with Crippen molar-refractivity contribution in [3.05, 3.63) is 41.7 Å². The highest BCUT2D eigenvalue weighted by Crippen LogP contribution is 2.25. The number of hydrogen-bond acceptors (Lipinski definition) is 3. The average molecular weight is 312 g/mol. The quantitative estimate of drug-likeness (QED) is 0.908. The number of rotatable bonds is 3. The van der Waals surface area contributed by atoms with E-state index in [1.165, 1.54) is 32.1 Å². The summed E-state index contributed by atoms with van der Waals surface area (Å²) in [7, 11) is 0. The summed E-state index contributed by atoms with van der Waals surface area (Å²) in [4.78, 5) is 12.8. The van der Waals surface area contributed by atoms with E-state index in [-0.39, 0.29) is 11.9 Å². The molecule has 1 saturated carbocycles. The molecule has 0 unspecified atom stereocenters. The standard InChI is InChI=1S/C19H24N2O2/c1-14-17(18(21-23-14)15-10-6-5-7-11-15)19(22)20-16-12-8-3-2-4-9-13-16/h5-7,10-11,16H,2-4,8-9,12-13H2,1H3,(H,20,22). The first-order valence-corrected chi connectivity index (χ1v) is 8.58. The smallest absolute Gasteiger partial charge is 0.257 e. The SMILES string of the molecule is Cc1onc(-c2ccccc2)c1C(=O)NC1CCCCCCC1. The molecule has 3 rings (SSSR count). The van der Waals surface area contributed by atoms with Crippen LogP contribution in [0.15, 0.2) is 34.9 Å². The van der Waals surface area contributed by atoms with Crippen LogP contribution in [0, 0.1) is 6.92 Å². The van der Waals surface area contributed by atoms with E-state index in [1.807, 2.05) is 30.3 Å². The van der Waals surface area contributed by atoms with Gasteiger partial charge in [-0.2, -0.15) is 0 Å². The molecule has 122 valence electrons. The summed E-state index contributed by atoms with van der Waals surface area (Å²) < 4.78 is 5.29. The van der Waals surface area contributed by atoms with E-state index in [4.69, 9.17) is 4.52 Å². The van der Waals surface area contributed by atoms with Crippen molar-refractivity contribution in [3.63, 3.8) is 0 Å². The molecule has 0 spiro atoms. The van der Waals surface area contributed by atoms with Gasteiger partial charge in [0.05, 0.1) is 0 Å². The van der Waals surface area contributed by atoms with Gasteiger partial charge in [-0.15, -0.1) is 0 Å². The molecule has 1 aromatic heterocycles. The second-order valence-electron chi connectivity index (χ2n) is 6.34. The average Bonchev–Trinajstić information content (AvgIpc) is 2.92. The number of carbonyl (C=O) groups excluding carboxylic acids is 1. The summed E-state index contributed by atoms with van der Waals surface area (Å²) >= 11 is 0. The Morgan fingerprint density at radius 1 is 1.09 bits per heavy atom. The van der Waals surface area contributed by atoms with Crippen molar-refractivity contribution < 1.29 is 9.32 Å². The van der Waals surface area contributed by atoms with Gasteiger partial charge >= 0.3 is 0 Å². The lowest BCUT2D eigenvalue weighted by Gasteiger charge is -2.21. The van der Waals surface area contributed by atoms with Crippen LogP contribution in [0.25, 0.3) is 11.3 Å². The maximum absolute atomic E-state index is 12.8. The van der Waals surface area contributed by atoms with Crippen molar-refractivity contribution >= 4 is 5.91 Å². The summed E-state index contributed by atoms with van der Waals surface area (Å²) in [5.41, 5.74) is 2.11. The fourth-order valence-corrected chi connectivity index (χ4v) is 3.29. The molecule has 0 atom stereocenters. The Kier molecular flexibility index (Phi) is 5.11. The summed E-state index contributed by atoms with van der Waals surface area (Å²) in [6, 6.07) is 9.99. The molecule has 23 heavy (non-hydrogen) atoms. The maximum Gasteiger partial charge on any atom is 0.257 e. The predicted molar refractivity (Wildman–Crippen MR) is 90.2 cm³/mol. The second kappa shape index (κ2) is 7.44. The molecule has 1 fully saturated rings. The molecular weight excluding hydrogens is 288 g/mol. The van der Waals surface area contributed by atoms with Crippen molar-refractivity contribution in [2.24, 2.45) is 0 Å². The molecular formula is C19H24N2O2. The fraction of sp³-hybridized carbons (Fsp3) is 0.474. The molecule has 4 nitrogen and oxygen atoms in total. The molecule has 1 heterocycles. The minimum Gasteiger partial charge on any atom is -0.360 e. The summed E-state index contributed by atoms with van der Waals surface area (Å²) in [5, 5.41) is 7.30. The third-order valence-electron chi connectivity index (χ3n) is 4.58. The van der Waals surface area contributed by atoms with Crippen LogP contribution in [-0.4, -0.2) is 17.1 Å². The second-order valence-corrected chi connectivity index (χ2v) is 6.34. The van der Waals surface area contributed by atoms with Gasteiger partial charge in [-0.05, 0) is 19.8 Å². The zero-order valence-electron chi connectivity index (χ0n) is 13.7. The first kappa shape index (κ1) is 15.8. The first-order chi connectivity index (χ1) is 11.3. The van der Waals surface area contributed by atoms with E-state index in [1.54, 1.807) is 6.92 Å². The molecule has 1 aliphatic rings. The van der Waals surface area contributed by atoms with Crippen LogP contribution >= 0.6 is 0 Å². The van der Waals surface area contributed by atoms with E-state index in [0.717, 1.165) is 18.4 Å². The number of hydrogen-bond donors (Lipinski definition) is 1. The van der Waals surface area contributed by atoms with Gasteiger partial charge in [0.25, 0.3) is 5.91 Å². The highest BCUT2D eigenvalue weighted by molar-refractivity contribution is 6.00. The van der Waals surface area contributed by atoms with Gasteiger partial charge in [0.2, 0.25) is 0 Å². The third kappa shape index (κ3) is 3.81. The monoisotopic (exact) mass is 312 g/mol. The van der Waals surface area contributed by atoms with Gasteiger partial charge < -0.3 is 9.84 Å². The highest BCUT2D eigenvalue weighted by Gasteiger charge is 2.23. The number of nitrogens with zero attached hydrogens (tertiary/aromatic N) is 1. The summed E-state index contributed by atoms with van der Waals surface area (Å²) in [5.74, 6) is 0.514. The Balaban J connectivity index is 1.78. The molecule has 1 aromatic carbocycles. The Morgan fingerprint density at radius 3 is 2.43 bits per heavy atom. The Labute approximate surface area is 137 Å². The van der Waals surface area contributed by atoms with Crippen LogP contribution in [0.2, 0.25) is 0 Å². The number of aromatic nitrogens is 1. The highest BCUT2D eigenvalue weighted by atomic mass is 16.5. The number of amides is 1. The summed E-state index contributed by atoms with van der Waals surface area (Å²) in [6.07, 6.45) is 8.39. The maximum atomic E-state index is 12.8. The van der Waals surface area contributed by atoms with E-state index in [9.17, 15) is 4.79 Å². The van der Waals surface area contributed by atoms with Crippen LogP contribution < -0.4 is 5.32 Å². The van der Waals surface area contributed by atoms with Crippen molar-refractivity contribution in [3.8, 4) is 11.3 Å². The van der Waals surface area contributed by atoms with E-state index < -0.39 is 0 Å². The Morgan fingerprint density at radius 2 is 1.74 bits per heavy atom. The van der Waals surface area contributed by atoms with E-state index >= 15 is 0 Å². The Hall–Kier alpha value is -2.10. The molecule has 4 heteroatoms. The zero-order chi connectivity index (χ0) is 16.1. The largest absolute Gasteiger partial charge is 0.360 e. The van der Waals surface area contributed by atoms with E-state index in [2.05, 4.69) is 10.5 Å². The molecule has 0 aliphatic heterocycles. The normalized spacial score (nSPS) is 16.6. The van der Waals surface area contributed by atoms with Crippen LogP contribution in [-0.2, 0) is 0 Å². The molecule has 0 radical (unpaired) electrons. The van der Waals surface area contributed by atoms with Crippen LogP contribution in [0.4, 0.5) is 0 Å². The van der Waals surface area contributed by atoms with Gasteiger partial charge in [-0.3, -0.25) is 4.79 Å². The fourth-order valence-electron chi connectivity index (χ4n) is 3.29. The predicted octanol–water partition coefficient (Wildman–Crippen LogP) is 4.49. The van der Waals surface area contributed by atoms with Gasteiger partial charge in [0.15, 0.2) is 0 Å². The van der Waals surface area contributed by atoms with Crippen molar-refractivity contribution in [2.75, 3.05) is 0 Å². The Bertz CT molecular complexity index is 641. The molecule has 1 N–H and O–H groups in total. The summed E-state index contributed by atoms with van der Waals surface area (Å²) in [6.45, 7) is 1.80. The third-order valence-corrected chi connectivity index (χ3v) is 4.58. The van der Waals surface area contributed by atoms with Crippen LogP contribution in [0.3, 0.4) is 0 Å². The van der Waals surface area contributed by atoms with Gasteiger partial charge in [-0.25, -0.2) is 0 Å². The van der Waals surface area contributed by atoms with Crippen LogP contribution in [0.1, 0.15) is 61.1 Å². The van der Waals surface area contributed by atoms with E-state index in [0.29, 0.717) is 17.0 Å². The zero-order valence-corrected chi connectivity index (χ0v) is 13.7. The minimum absolute atomic E-state index is 0.0619. The van der Waals surface area contributed by atoms with Crippen molar-refractivity contribution in [1.82, 2.24) is 10.5 Å². The molecule has 1 amide bonds. The van der Waals surface area contributed by atoms with Crippen molar-refractivity contribution in [1.29, 1.82) is 0 Å². The number of carbonyl (C=O) groups is 1. The molecule has 0 saturated heterocycles. The molecule has 2 aromatic rings. The van der Waals surface area contributed by atoms with Gasteiger partial charge in [-0.1, -0.05) is 67.6 Å². The lowest BCUT2D eigenvalue weighted by atomic mass is 9.96. The minimum atomic E-state index is -0.0619. The first-order valence-electron chi connectivity index (χ1n) is 8.58. The van der Waals surface area contributed by atoms with Gasteiger partial charge in [0, 0.05) is 11.6 Å². The number of benzene rings is 1. The number of aryl methyl sites for hydroxylation is 1. The molecule has 0 bridgehead atoms. The van der Waals surface area contributed by atoms with Gasteiger partial charge in [0.1, 0.15) is 17.0 Å². The lowest BCUT2D eigenvalue weighted by molar-refractivity contribution is 0.0929. The molecule has 1 aliphatic carbocycles. The topological polar surface area (TPSA) is 55.1 Å². The lowest BCUT2D eigenvalue weighted by Crippen LogP contribution is -2.35. The number of nitrogens with one attached hydrogen (secondary N) is 1. The van der Waals surface area contributed by atoms with Crippen LogP contribution in [0.5, 0.6) is 0 Å². The van der Waals surface area contributed by atoms with Crippen molar-refractivity contribution in [2.45, 2.75) is 57.9 Å².